The number of hydrogen-bond donors (Lipinski definition) is 1. The maximum Gasteiger partial charge on any atom is 0.325 e. The van der Waals surface area contributed by atoms with Gasteiger partial charge in [0.05, 0.1) is 11.5 Å². The van der Waals surface area contributed by atoms with Crippen LogP contribution >= 0.6 is 0 Å². The van der Waals surface area contributed by atoms with Crippen molar-refractivity contribution in [2.24, 2.45) is 5.92 Å². The molecule has 0 aromatic rings. The molecular weight excluding hydrogens is 418 g/mol. The Bertz CT molecular complexity index is 828. The van der Waals surface area contributed by atoms with Crippen LogP contribution in [0.5, 0.6) is 0 Å². The SMILES string of the molecule is CCC1CCC2(CC1)NC(=O)N(CC(=O)N(C1CCCCC1)C1CCS(=O)(=O)C1)C2=O. The van der Waals surface area contributed by atoms with Crippen molar-refractivity contribution in [3.8, 4) is 0 Å². The minimum absolute atomic E-state index is 0.00531. The summed E-state index contributed by atoms with van der Waals surface area (Å²) >= 11 is 0. The van der Waals surface area contributed by atoms with E-state index in [-0.39, 0.29) is 41.9 Å². The third-order valence-corrected chi connectivity index (χ3v) is 9.68. The normalized spacial score (nSPS) is 33.6. The molecule has 4 aliphatic rings. The topological polar surface area (TPSA) is 104 Å². The second-order valence-corrected chi connectivity index (χ2v) is 12.1. The molecule has 8 nitrogen and oxygen atoms in total. The molecule has 31 heavy (non-hydrogen) atoms. The molecule has 4 amide bonds. The number of imide groups is 1. The van der Waals surface area contributed by atoms with Crippen LogP contribution in [0, 0.1) is 5.92 Å². The molecule has 1 spiro atoms. The van der Waals surface area contributed by atoms with Crippen molar-refractivity contribution in [3.05, 3.63) is 0 Å². The van der Waals surface area contributed by atoms with Crippen LogP contribution in [0.15, 0.2) is 0 Å². The van der Waals surface area contributed by atoms with Gasteiger partial charge in [-0.25, -0.2) is 13.2 Å². The van der Waals surface area contributed by atoms with Crippen molar-refractivity contribution in [2.45, 2.75) is 95.2 Å². The standard InChI is InChI=1S/C22H35N3O5S/c1-2-16-8-11-22(12-9-16)20(27)24(21(28)23-22)14-19(26)25(17-6-4-3-5-7-17)18-10-13-31(29,30)15-18/h16-18H,2-15H2,1H3,(H,23,28). The predicted octanol–water partition coefficient (Wildman–Crippen LogP) is 2.23. The van der Waals surface area contributed by atoms with Crippen LogP contribution in [0.1, 0.15) is 77.6 Å². The third-order valence-electron chi connectivity index (χ3n) is 7.93. The van der Waals surface area contributed by atoms with Crippen LogP contribution in [0.25, 0.3) is 0 Å². The Hall–Kier alpha value is -1.64. The minimum atomic E-state index is -3.15. The molecule has 2 saturated heterocycles. The number of nitrogens with one attached hydrogen (secondary N) is 1. The van der Waals surface area contributed by atoms with Crippen LogP contribution in [-0.4, -0.2) is 71.7 Å². The number of urea groups is 1. The van der Waals surface area contributed by atoms with Gasteiger partial charge in [0.2, 0.25) is 5.91 Å². The number of carbonyl (C=O) groups is 3. The summed E-state index contributed by atoms with van der Waals surface area (Å²) in [5.41, 5.74) is -0.866. The molecule has 2 heterocycles. The lowest BCUT2D eigenvalue weighted by atomic mass is 9.75. The monoisotopic (exact) mass is 453 g/mol. The maximum absolute atomic E-state index is 13.4. The molecule has 174 valence electrons. The first-order valence-electron chi connectivity index (χ1n) is 11.9. The van der Waals surface area contributed by atoms with E-state index in [4.69, 9.17) is 0 Å². The maximum atomic E-state index is 13.4. The molecule has 0 bridgehead atoms. The van der Waals surface area contributed by atoms with E-state index in [1.165, 1.54) is 0 Å². The quantitative estimate of drug-likeness (QED) is 0.643. The Kier molecular flexibility index (Phi) is 6.34. The van der Waals surface area contributed by atoms with Crippen molar-refractivity contribution in [1.29, 1.82) is 0 Å². The number of rotatable bonds is 5. The van der Waals surface area contributed by atoms with Crippen LogP contribution in [0.3, 0.4) is 0 Å². The van der Waals surface area contributed by atoms with Gasteiger partial charge in [-0.3, -0.25) is 14.5 Å². The largest absolute Gasteiger partial charge is 0.334 e. The molecule has 0 radical (unpaired) electrons. The zero-order valence-corrected chi connectivity index (χ0v) is 19.3. The van der Waals surface area contributed by atoms with Gasteiger partial charge < -0.3 is 10.2 Å². The first-order chi connectivity index (χ1) is 14.7. The van der Waals surface area contributed by atoms with E-state index in [1.54, 1.807) is 4.90 Å². The second kappa shape index (κ2) is 8.71. The summed E-state index contributed by atoms with van der Waals surface area (Å²) in [4.78, 5) is 42.1. The van der Waals surface area contributed by atoms with Gasteiger partial charge in [-0.05, 0) is 50.9 Å². The number of nitrogens with zero attached hydrogens (tertiary/aromatic N) is 2. The number of amides is 4. The lowest BCUT2D eigenvalue weighted by molar-refractivity contribution is -0.142. The molecular formula is C22H35N3O5S. The van der Waals surface area contributed by atoms with Gasteiger partial charge in [0.25, 0.3) is 5.91 Å². The van der Waals surface area contributed by atoms with E-state index in [0.29, 0.717) is 25.2 Å². The van der Waals surface area contributed by atoms with Crippen LogP contribution < -0.4 is 5.32 Å². The first-order valence-corrected chi connectivity index (χ1v) is 13.7. The minimum Gasteiger partial charge on any atom is -0.334 e. The van der Waals surface area contributed by atoms with Gasteiger partial charge in [0.15, 0.2) is 9.84 Å². The Morgan fingerprint density at radius 1 is 1.06 bits per heavy atom. The summed E-state index contributed by atoms with van der Waals surface area (Å²) in [7, 11) is -3.15. The predicted molar refractivity (Wildman–Crippen MR) is 116 cm³/mol. The summed E-state index contributed by atoms with van der Waals surface area (Å²) < 4.78 is 24.2. The Labute approximate surface area is 185 Å². The summed E-state index contributed by atoms with van der Waals surface area (Å²) in [5.74, 6) is 0.0773. The molecule has 2 saturated carbocycles. The van der Waals surface area contributed by atoms with Crippen LogP contribution in [0.4, 0.5) is 4.79 Å². The van der Waals surface area contributed by atoms with Crippen molar-refractivity contribution in [3.63, 3.8) is 0 Å². The number of carbonyl (C=O) groups excluding carboxylic acids is 3. The molecule has 4 fully saturated rings. The summed E-state index contributed by atoms with van der Waals surface area (Å²) in [6, 6.07) is -0.847. The summed E-state index contributed by atoms with van der Waals surface area (Å²) in [6.45, 7) is 1.85. The van der Waals surface area contributed by atoms with E-state index in [2.05, 4.69) is 12.2 Å². The molecule has 1 unspecified atom stereocenters. The Morgan fingerprint density at radius 3 is 2.32 bits per heavy atom. The van der Waals surface area contributed by atoms with E-state index < -0.39 is 21.4 Å². The summed E-state index contributed by atoms with van der Waals surface area (Å²) in [6.07, 6.45) is 9.40. The fourth-order valence-corrected chi connectivity index (χ4v) is 7.72. The van der Waals surface area contributed by atoms with Crippen LogP contribution in [0.2, 0.25) is 0 Å². The van der Waals surface area contributed by atoms with Gasteiger partial charge in [0.1, 0.15) is 12.1 Å². The molecule has 2 aliphatic carbocycles. The lowest BCUT2D eigenvalue weighted by Crippen LogP contribution is -2.53. The van der Waals surface area contributed by atoms with Crippen LogP contribution in [-0.2, 0) is 19.4 Å². The smallest absolute Gasteiger partial charge is 0.325 e. The highest BCUT2D eigenvalue weighted by Gasteiger charge is 2.53. The molecule has 2 aliphatic heterocycles. The molecule has 0 aromatic heterocycles. The molecule has 1 N–H and O–H groups in total. The zero-order valence-electron chi connectivity index (χ0n) is 18.5. The first kappa shape index (κ1) is 22.6. The molecule has 0 aromatic carbocycles. The highest BCUT2D eigenvalue weighted by molar-refractivity contribution is 7.91. The van der Waals surface area contributed by atoms with Gasteiger partial charge in [-0.15, -0.1) is 0 Å². The highest BCUT2D eigenvalue weighted by atomic mass is 32.2. The molecule has 9 heteroatoms. The van der Waals surface area contributed by atoms with Crippen molar-refractivity contribution >= 4 is 27.7 Å². The highest BCUT2D eigenvalue weighted by Crippen LogP contribution is 2.38. The van der Waals surface area contributed by atoms with Gasteiger partial charge in [-0.1, -0.05) is 32.6 Å². The average molecular weight is 454 g/mol. The number of hydrogen-bond acceptors (Lipinski definition) is 5. The molecule has 4 rings (SSSR count). The third kappa shape index (κ3) is 4.47. The van der Waals surface area contributed by atoms with Crippen molar-refractivity contribution in [1.82, 2.24) is 15.1 Å². The Balaban J connectivity index is 1.49. The lowest BCUT2D eigenvalue weighted by Gasteiger charge is -2.39. The average Bonchev–Trinajstić information content (AvgIpc) is 3.21. The van der Waals surface area contributed by atoms with E-state index >= 15 is 0 Å². The number of sulfone groups is 1. The zero-order chi connectivity index (χ0) is 22.2. The summed E-state index contributed by atoms with van der Waals surface area (Å²) in [5, 5.41) is 2.89. The fraction of sp³-hybridized carbons (Fsp3) is 0.864. The van der Waals surface area contributed by atoms with Gasteiger partial charge >= 0.3 is 6.03 Å². The molecule has 1 atom stereocenters. The van der Waals surface area contributed by atoms with E-state index in [9.17, 15) is 22.8 Å². The van der Waals surface area contributed by atoms with Crippen molar-refractivity contribution in [2.75, 3.05) is 18.1 Å². The second-order valence-electron chi connectivity index (χ2n) is 9.90. The van der Waals surface area contributed by atoms with E-state index in [0.717, 1.165) is 56.3 Å². The van der Waals surface area contributed by atoms with Crippen molar-refractivity contribution < 1.29 is 22.8 Å². The van der Waals surface area contributed by atoms with Gasteiger partial charge in [-0.2, -0.15) is 0 Å². The van der Waals surface area contributed by atoms with Gasteiger partial charge in [0, 0.05) is 12.1 Å². The fourth-order valence-electron chi connectivity index (χ4n) is 6.01. The Morgan fingerprint density at radius 2 is 1.74 bits per heavy atom. The van der Waals surface area contributed by atoms with E-state index in [1.807, 2.05) is 0 Å².